The van der Waals surface area contributed by atoms with Gasteiger partial charge < -0.3 is 46.6 Å². The predicted octanol–water partition coefficient (Wildman–Crippen LogP) is 9.55. The number of para-hydroxylation sites is 1. The van der Waals surface area contributed by atoms with E-state index in [1.807, 2.05) is 59.0 Å². The molecule has 0 radical (unpaired) electrons. The van der Waals surface area contributed by atoms with Crippen LogP contribution in [0.3, 0.4) is 0 Å². The largest absolute Gasteiger partial charge is 0.476 e. The Labute approximate surface area is 602 Å². The Morgan fingerprint density at radius 3 is 2.21 bits per heavy atom. The molecule has 548 valence electrons. The van der Waals surface area contributed by atoms with Gasteiger partial charge in [-0.25, -0.2) is 24.4 Å². The number of carbonyl (C=O) groups excluding carboxylic acids is 8. The summed E-state index contributed by atoms with van der Waals surface area (Å²) in [6.45, 7) is 11.7. The number of nitrogens with two attached hydrogens (primary N) is 1. The van der Waals surface area contributed by atoms with E-state index in [2.05, 4.69) is 45.4 Å². The number of nitrogens with one attached hydrogen (secondary N) is 5. The van der Waals surface area contributed by atoms with E-state index in [0.29, 0.717) is 90.6 Å². The number of primary amides is 1. The number of amides is 9. The molecule has 5 heterocycles. The van der Waals surface area contributed by atoms with Crippen LogP contribution in [0.2, 0.25) is 0 Å². The molecule has 29 heteroatoms. The maximum absolute atomic E-state index is 14.0. The number of aromatic carboxylic acids is 1. The van der Waals surface area contributed by atoms with Gasteiger partial charge in [0, 0.05) is 92.5 Å². The molecule has 2 aliphatic heterocycles. The molecule has 6 aliphatic rings. The van der Waals surface area contributed by atoms with Gasteiger partial charge in [-0.2, -0.15) is 13.5 Å². The van der Waals surface area contributed by atoms with Gasteiger partial charge in [0.25, 0.3) is 27.8 Å². The summed E-state index contributed by atoms with van der Waals surface area (Å²) in [5, 5.41) is 30.0. The molecule has 27 nitrogen and oxygen atoms in total. The van der Waals surface area contributed by atoms with Crippen molar-refractivity contribution in [3.05, 3.63) is 131 Å². The zero-order chi connectivity index (χ0) is 73.6. The second-order valence-corrected chi connectivity index (χ2v) is 32.4. The van der Waals surface area contributed by atoms with Crippen molar-refractivity contribution < 1.29 is 66.0 Å². The van der Waals surface area contributed by atoms with Crippen molar-refractivity contribution in [3.63, 3.8) is 0 Å². The second kappa shape index (κ2) is 31.2. The molecule has 4 aliphatic carbocycles. The number of hydrogen-bond acceptors (Lipinski definition) is 17. The number of aromatic nitrogens is 4. The van der Waals surface area contributed by atoms with Gasteiger partial charge in [0.15, 0.2) is 10.8 Å². The molecule has 9 N–H and O–H groups in total. The van der Waals surface area contributed by atoms with Gasteiger partial charge in [-0.1, -0.05) is 81.9 Å². The number of urea groups is 1. The van der Waals surface area contributed by atoms with E-state index in [1.54, 1.807) is 56.4 Å². The molecular weight excluding hydrogens is 1360 g/mol. The molecule has 4 atom stereocenters. The van der Waals surface area contributed by atoms with Crippen LogP contribution < -0.4 is 37.2 Å². The average molecular weight is 1450 g/mol. The van der Waals surface area contributed by atoms with Crippen LogP contribution in [-0.4, -0.2) is 152 Å². The molecule has 4 bridgehead atoms. The number of imide groups is 1. The minimum Gasteiger partial charge on any atom is -0.476 e. The number of rotatable bonds is 32. The number of carbonyl (C=O) groups is 9. The van der Waals surface area contributed by atoms with Crippen molar-refractivity contribution in [2.24, 2.45) is 33.3 Å². The number of fused-ring (bicyclic) bond motifs is 2. The topological polar surface area (TPSA) is 377 Å². The highest BCUT2D eigenvalue weighted by Crippen LogP contribution is 2.75. The molecule has 4 saturated carbocycles. The van der Waals surface area contributed by atoms with Crippen LogP contribution in [0, 0.1) is 34.5 Å². The number of benzene rings is 3. The first kappa shape index (κ1) is 74.6. The lowest BCUT2D eigenvalue weighted by Gasteiger charge is -2.70. The number of carboxylic acids is 1. The monoisotopic (exact) mass is 1450 g/mol. The molecule has 6 aromatic rings. The van der Waals surface area contributed by atoms with Crippen molar-refractivity contribution in [1.82, 2.24) is 45.5 Å². The van der Waals surface area contributed by atoms with Crippen molar-refractivity contribution in [2.45, 2.75) is 163 Å². The number of anilines is 3. The molecule has 0 spiro atoms. The van der Waals surface area contributed by atoms with Crippen LogP contribution in [0.15, 0.2) is 97.2 Å². The standard InChI is InChI=1S/C74H91N13O14S2/c1-46(2)62(82-59(88)19-7-6-10-32-86-60(89)26-27-61(86)90)66(93)79-56(17-12-30-76-68(75)96)65(92)78-50-22-20-48(21-23-50)38-101-70(97)84(34-35-103(98,99)100)31-13-29-73-40-71(4)39-72(5,41-73)43-74(42-71,44-73)45-87-47(3)53(36-77-87)51-24-25-58(81-63(51)67(94)95)85-33-28-49-14-11-15-52(54(49)37-85)64(91)83-69-80-55-16-8-9-18-57(55)102-69/h8-9,11,14-16,18,20-27,36,46,56,62H,6-7,10,12-13,17,19,28-35,37-45H2,1-5H3,(H,78,92)(H,79,93)(H,82,88)(H,94,95)(H3,75,76,96)(H,80,83,91)(H,98,99,100)/t56-,62-,71?,72?,73?,74?/m0/s1. The zero-order valence-electron chi connectivity index (χ0n) is 58.8. The molecular formula is C74H91N13O14S2. The average Bonchev–Trinajstić information content (AvgIpc) is 0.708. The van der Waals surface area contributed by atoms with E-state index < -0.39 is 63.8 Å². The number of pyridine rings is 1. The second-order valence-electron chi connectivity index (χ2n) is 29.8. The van der Waals surface area contributed by atoms with Crippen LogP contribution in [0.1, 0.15) is 161 Å². The highest BCUT2D eigenvalue weighted by Gasteiger charge is 2.65. The van der Waals surface area contributed by atoms with Crippen LogP contribution in [-0.2, 0) is 64.9 Å². The van der Waals surface area contributed by atoms with Crippen molar-refractivity contribution in [3.8, 4) is 11.1 Å². The fourth-order valence-corrected chi connectivity index (χ4v) is 18.7. The minimum absolute atomic E-state index is 0.00656. The quantitative estimate of drug-likeness (QED) is 0.0111. The Morgan fingerprint density at radius 2 is 1.51 bits per heavy atom. The number of ether oxygens (including phenoxy) is 1. The summed E-state index contributed by atoms with van der Waals surface area (Å²) in [5.41, 5.74) is 10.9. The van der Waals surface area contributed by atoms with E-state index in [0.717, 1.165) is 76.9 Å². The minimum atomic E-state index is -4.47. The molecule has 3 aromatic heterocycles. The lowest BCUT2D eigenvalue weighted by Crippen LogP contribution is -2.60. The van der Waals surface area contributed by atoms with Crippen LogP contribution in [0.4, 0.5) is 26.2 Å². The van der Waals surface area contributed by atoms with Crippen LogP contribution in [0.25, 0.3) is 21.3 Å². The van der Waals surface area contributed by atoms with Crippen molar-refractivity contribution in [1.29, 1.82) is 0 Å². The SMILES string of the molecule is Cc1c(-c2ccc(N3CCc4cccc(C(=O)Nc5nc6ccccc6s5)c4C3)nc2C(=O)O)cnn1CC12CC3(C)CC(C)(CC(CCCN(CCS(=O)(=O)O)C(=O)OCc4ccc(NC(=O)[C@H](CCCNC(N)=O)NC(=O)[C@@H](NC(=O)CCCCCN5C(=O)C=CC5=O)C(C)C)cc4)(C3)C1)C2. The number of carboxylic acid groups (broad SMARTS) is 1. The van der Waals surface area contributed by atoms with E-state index >= 15 is 0 Å². The third kappa shape index (κ3) is 18.2. The van der Waals surface area contributed by atoms with E-state index in [-0.39, 0.29) is 103 Å². The van der Waals surface area contributed by atoms with Gasteiger partial charge >= 0.3 is 18.1 Å². The van der Waals surface area contributed by atoms with Crippen molar-refractivity contribution in [2.75, 3.05) is 54.0 Å². The third-order valence-electron chi connectivity index (χ3n) is 20.8. The van der Waals surface area contributed by atoms with Gasteiger partial charge in [-0.05, 0) is 177 Å². The fraction of sp³-hybridized carbons (Fsp3) is 0.486. The summed E-state index contributed by atoms with van der Waals surface area (Å²) in [5.74, 6) is -4.39. The summed E-state index contributed by atoms with van der Waals surface area (Å²) in [6, 6.07) is 20.6. The molecule has 0 saturated heterocycles. The molecule has 9 amide bonds. The zero-order valence-corrected chi connectivity index (χ0v) is 60.4. The molecule has 3 aromatic carbocycles. The highest BCUT2D eigenvalue weighted by atomic mass is 32.2. The van der Waals surface area contributed by atoms with Gasteiger partial charge in [-0.3, -0.25) is 48.2 Å². The first-order valence-corrected chi connectivity index (χ1v) is 37.6. The van der Waals surface area contributed by atoms with Gasteiger partial charge in [0.1, 0.15) is 24.5 Å². The smallest absolute Gasteiger partial charge is 0.410 e. The van der Waals surface area contributed by atoms with Gasteiger partial charge in [0.2, 0.25) is 17.7 Å². The summed E-state index contributed by atoms with van der Waals surface area (Å²) in [7, 11) is -4.47. The summed E-state index contributed by atoms with van der Waals surface area (Å²) >= 11 is 1.40. The first-order chi connectivity index (χ1) is 49.0. The Balaban J connectivity index is 0.698. The fourth-order valence-electron chi connectivity index (χ4n) is 17.4. The number of unbranched alkanes of at least 4 members (excludes halogenated alkanes) is 2. The molecule has 103 heavy (non-hydrogen) atoms. The molecule has 4 fully saturated rings. The van der Waals surface area contributed by atoms with Gasteiger partial charge in [-0.15, -0.1) is 0 Å². The predicted molar refractivity (Wildman–Crippen MR) is 387 cm³/mol. The Hall–Kier alpha value is -9.61. The first-order valence-electron chi connectivity index (χ1n) is 35.2. The van der Waals surface area contributed by atoms with E-state index in [4.69, 9.17) is 20.6 Å². The third-order valence-corrected chi connectivity index (χ3v) is 22.4. The summed E-state index contributed by atoms with van der Waals surface area (Å²) < 4.78 is 42.9. The van der Waals surface area contributed by atoms with E-state index in [1.165, 1.54) is 28.4 Å². The maximum atomic E-state index is 14.0. The highest BCUT2D eigenvalue weighted by molar-refractivity contribution is 7.85. The molecule has 12 rings (SSSR count). The number of thiazole rings is 1. The number of hydrogen-bond donors (Lipinski definition) is 8. The van der Waals surface area contributed by atoms with Crippen LogP contribution >= 0.6 is 11.3 Å². The van der Waals surface area contributed by atoms with Crippen molar-refractivity contribution >= 4 is 102 Å². The Kier molecular flexibility index (Phi) is 22.6. The lowest BCUT2D eigenvalue weighted by molar-refractivity contribution is -0.198. The summed E-state index contributed by atoms with van der Waals surface area (Å²) in [4.78, 5) is 131. The van der Waals surface area contributed by atoms with E-state index in [9.17, 15) is 61.2 Å². The van der Waals surface area contributed by atoms with Gasteiger partial charge in [0.05, 0.1) is 22.2 Å². The Bertz CT molecular complexity index is 4330. The van der Waals surface area contributed by atoms with Crippen LogP contribution in [0.5, 0.6) is 0 Å². The maximum Gasteiger partial charge on any atom is 0.410 e. The summed E-state index contributed by atoms with van der Waals surface area (Å²) in [6.07, 6.45) is 13.1. The normalized spacial score (nSPS) is 20.9. The lowest BCUT2D eigenvalue weighted by atomic mass is 9.35. The number of nitrogens with zero attached hydrogens (tertiary/aromatic N) is 7. The molecule has 2 unspecified atom stereocenters. The Morgan fingerprint density at radius 1 is 0.786 bits per heavy atom.